The number of nitrogens with zero attached hydrogens (tertiary/aromatic N) is 1. The lowest BCUT2D eigenvalue weighted by molar-refractivity contribution is 0.0949. The number of rotatable bonds is 5. The smallest absolute Gasteiger partial charge is 0.251 e. The highest BCUT2D eigenvalue weighted by molar-refractivity contribution is 5.94. The van der Waals surface area contributed by atoms with Crippen LogP contribution in [0, 0.1) is 0 Å². The van der Waals surface area contributed by atoms with Crippen LogP contribution in [0.2, 0.25) is 0 Å². The van der Waals surface area contributed by atoms with E-state index in [1.807, 2.05) is 30.3 Å². The summed E-state index contributed by atoms with van der Waals surface area (Å²) in [4.78, 5) is 16.3. The molecule has 1 aliphatic heterocycles. The fourth-order valence-corrected chi connectivity index (χ4v) is 2.27. The first-order valence-electron chi connectivity index (χ1n) is 7.34. The van der Waals surface area contributed by atoms with E-state index in [1.54, 1.807) is 18.3 Å². The Morgan fingerprint density at radius 3 is 2.95 bits per heavy atom. The van der Waals surface area contributed by atoms with Gasteiger partial charge < -0.3 is 14.8 Å². The van der Waals surface area contributed by atoms with Crippen LogP contribution in [-0.2, 0) is 11.3 Å². The van der Waals surface area contributed by atoms with E-state index in [2.05, 4.69) is 10.3 Å². The van der Waals surface area contributed by atoms with Gasteiger partial charge in [0.05, 0.1) is 13.2 Å². The highest BCUT2D eigenvalue weighted by Crippen LogP contribution is 2.15. The van der Waals surface area contributed by atoms with Crippen molar-refractivity contribution < 1.29 is 14.3 Å². The zero-order valence-electron chi connectivity index (χ0n) is 12.2. The molecule has 0 aliphatic carbocycles. The third-order valence-electron chi connectivity index (χ3n) is 3.47. The van der Waals surface area contributed by atoms with Gasteiger partial charge in [-0.25, -0.2) is 4.98 Å². The molecule has 1 aromatic heterocycles. The minimum Gasteiger partial charge on any atom is -0.472 e. The molecule has 1 unspecified atom stereocenters. The van der Waals surface area contributed by atoms with Gasteiger partial charge in [0.25, 0.3) is 5.91 Å². The third kappa shape index (κ3) is 3.83. The summed E-state index contributed by atoms with van der Waals surface area (Å²) in [6, 6.07) is 13.1. The van der Waals surface area contributed by atoms with Crippen molar-refractivity contribution in [3.8, 4) is 5.88 Å². The standard InChI is InChI=1S/C17H18N2O3/c20-17(19-11-13-4-2-1-3-5-13)14-6-8-18-16(10-14)22-15-7-9-21-12-15/h1-6,8,10,15H,7,9,11-12H2,(H,19,20). The van der Waals surface area contributed by atoms with E-state index in [9.17, 15) is 4.79 Å². The number of hydrogen-bond donors (Lipinski definition) is 1. The van der Waals surface area contributed by atoms with Gasteiger partial charge in [0, 0.05) is 30.8 Å². The Labute approximate surface area is 129 Å². The van der Waals surface area contributed by atoms with Gasteiger partial charge in [-0.05, 0) is 11.6 Å². The normalized spacial score (nSPS) is 17.2. The van der Waals surface area contributed by atoms with E-state index in [0.717, 1.165) is 12.0 Å². The predicted octanol–water partition coefficient (Wildman–Crippen LogP) is 2.18. The largest absolute Gasteiger partial charge is 0.472 e. The van der Waals surface area contributed by atoms with Crippen LogP contribution in [0.4, 0.5) is 0 Å². The number of amides is 1. The second kappa shape index (κ2) is 7.04. The van der Waals surface area contributed by atoms with Crippen LogP contribution in [0.1, 0.15) is 22.3 Å². The van der Waals surface area contributed by atoms with Crippen LogP contribution in [0.3, 0.4) is 0 Å². The Balaban J connectivity index is 1.59. The SMILES string of the molecule is O=C(NCc1ccccc1)c1ccnc(OC2CCOC2)c1. The van der Waals surface area contributed by atoms with E-state index in [4.69, 9.17) is 9.47 Å². The zero-order chi connectivity index (χ0) is 15.2. The van der Waals surface area contributed by atoms with Crippen LogP contribution in [0.5, 0.6) is 5.88 Å². The molecule has 1 atom stereocenters. The first-order chi connectivity index (χ1) is 10.8. The molecular weight excluding hydrogens is 280 g/mol. The fraction of sp³-hybridized carbons (Fsp3) is 0.294. The van der Waals surface area contributed by atoms with Gasteiger partial charge in [0.2, 0.25) is 5.88 Å². The van der Waals surface area contributed by atoms with E-state index in [-0.39, 0.29) is 12.0 Å². The molecule has 0 radical (unpaired) electrons. The van der Waals surface area contributed by atoms with Crippen molar-refractivity contribution >= 4 is 5.91 Å². The molecule has 2 aromatic rings. The highest BCUT2D eigenvalue weighted by atomic mass is 16.5. The third-order valence-corrected chi connectivity index (χ3v) is 3.47. The summed E-state index contributed by atoms with van der Waals surface area (Å²) >= 11 is 0. The summed E-state index contributed by atoms with van der Waals surface area (Å²) < 4.78 is 11.0. The van der Waals surface area contributed by atoms with Gasteiger partial charge in [-0.3, -0.25) is 4.79 Å². The molecule has 1 aromatic carbocycles. The summed E-state index contributed by atoms with van der Waals surface area (Å²) in [6.07, 6.45) is 2.46. The van der Waals surface area contributed by atoms with Crippen LogP contribution < -0.4 is 10.1 Å². The molecule has 2 heterocycles. The summed E-state index contributed by atoms with van der Waals surface area (Å²) in [5.41, 5.74) is 1.60. The number of ether oxygens (including phenoxy) is 2. The topological polar surface area (TPSA) is 60.5 Å². The molecular formula is C17H18N2O3. The number of carbonyl (C=O) groups excluding carboxylic acids is 1. The van der Waals surface area contributed by atoms with Gasteiger partial charge in [0.1, 0.15) is 6.10 Å². The van der Waals surface area contributed by atoms with Crippen molar-refractivity contribution in [1.82, 2.24) is 10.3 Å². The molecule has 0 bridgehead atoms. The van der Waals surface area contributed by atoms with E-state index in [1.165, 1.54) is 0 Å². The summed E-state index contributed by atoms with van der Waals surface area (Å²) in [5, 5.41) is 2.89. The van der Waals surface area contributed by atoms with Crippen LogP contribution in [0.25, 0.3) is 0 Å². The molecule has 1 aliphatic rings. The molecule has 1 amide bonds. The maximum Gasteiger partial charge on any atom is 0.251 e. The predicted molar refractivity (Wildman–Crippen MR) is 81.7 cm³/mol. The lowest BCUT2D eigenvalue weighted by Gasteiger charge is -2.11. The summed E-state index contributed by atoms with van der Waals surface area (Å²) in [7, 11) is 0. The average Bonchev–Trinajstić information content (AvgIpc) is 3.07. The number of hydrogen-bond acceptors (Lipinski definition) is 4. The molecule has 0 saturated carbocycles. The monoisotopic (exact) mass is 298 g/mol. The highest BCUT2D eigenvalue weighted by Gasteiger charge is 2.18. The quantitative estimate of drug-likeness (QED) is 0.919. The Morgan fingerprint density at radius 1 is 1.32 bits per heavy atom. The van der Waals surface area contributed by atoms with E-state index < -0.39 is 0 Å². The number of benzene rings is 1. The summed E-state index contributed by atoms with van der Waals surface area (Å²) in [5.74, 6) is 0.321. The Bertz CT molecular complexity index is 625. The number of carbonyl (C=O) groups is 1. The minimum atomic E-state index is -0.140. The second-order valence-corrected chi connectivity index (χ2v) is 5.15. The molecule has 5 nitrogen and oxygen atoms in total. The molecule has 5 heteroatoms. The molecule has 1 N–H and O–H groups in total. The molecule has 114 valence electrons. The Morgan fingerprint density at radius 2 is 2.18 bits per heavy atom. The molecule has 1 saturated heterocycles. The fourth-order valence-electron chi connectivity index (χ4n) is 2.27. The Kier molecular flexibility index (Phi) is 4.65. The van der Waals surface area contributed by atoms with Crippen molar-refractivity contribution in [3.05, 3.63) is 59.8 Å². The van der Waals surface area contributed by atoms with Crippen molar-refractivity contribution in [2.45, 2.75) is 19.1 Å². The first kappa shape index (κ1) is 14.5. The number of pyridine rings is 1. The first-order valence-corrected chi connectivity index (χ1v) is 7.34. The molecule has 0 spiro atoms. The molecule has 3 rings (SSSR count). The molecule has 22 heavy (non-hydrogen) atoms. The average molecular weight is 298 g/mol. The van der Waals surface area contributed by atoms with Crippen molar-refractivity contribution in [2.24, 2.45) is 0 Å². The zero-order valence-corrected chi connectivity index (χ0v) is 12.2. The van der Waals surface area contributed by atoms with Crippen molar-refractivity contribution in [1.29, 1.82) is 0 Å². The van der Waals surface area contributed by atoms with Gasteiger partial charge in [-0.2, -0.15) is 0 Å². The van der Waals surface area contributed by atoms with Gasteiger partial charge in [0.15, 0.2) is 0 Å². The minimum absolute atomic E-state index is 0.0233. The van der Waals surface area contributed by atoms with Gasteiger partial charge >= 0.3 is 0 Å². The van der Waals surface area contributed by atoms with Gasteiger partial charge in [-0.1, -0.05) is 30.3 Å². The van der Waals surface area contributed by atoms with E-state index >= 15 is 0 Å². The van der Waals surface area contributed by atoms with Gasteiger partial charge in [-0.15, -0.1) is 0 Å². The number of aromatic nitrogens is 1. The lowest BCUT2D eigenvalue weighted by atomic mass is 10.2. The summed E-state index contributed by atoms with van der Waals surface area (Å²) in [6.45, 7) is 1.78. The van der Waals surface area contributed by atoms with Crippen molar-refractivity contribution in [3.63, 3.8) is 0 Å². The lowest BCUT2D eigenvalue weighted by Crippen LogP contribution is -2.23. The Hall–Kier alpha value is -2.40. The van der Waals surface area contributed by atoms with Crippen LogP contribution in [0.15, 0.2) is 48.7 Å². The maximum atomic E-state index is 12.2. The van der Waals surface area contributed by atoms with Crippen LogP contribution >= 0.6 is 0 Å². The van der Waals surface area contributed by atoms with Crippen LogP contribution in [-0.4, -0.2) is 30.2 Å². The van der Waals surface area contributed by atoms with E-state index in [0.29, 0.717) is 31.2 Å². The van der Waals surface area contributed by atoms with Crippen molar-refractivity contribution in [2.75, 3.05) is 13.2 Å². The number of nitrogens with one attached hydrogen (secondary N) is 1. The maximum absolute atomic E-state index is 12.2. The second-order valence-electron chi connectivity index (χ2n) is 5.15. The molecule has 1 fully saturated rings.